The maximum Gasteiger partial charge on any atom is 0.412 e. The van der Waals surface area contributed by atoms with Crippen LogP contribution in [0.2, 0.25) is 5.02 Å². The fraction of sp³-hybridized carbons (Fsp3) is 0.370. The Bertz CT molecular complexity index is 1420. The van der Waals surface area contributed by atoms with Crippen LogP contribution in [0.5, 0.6) is 0 Å². The van der Waals surface area contributed by atoms with Gasteiger partial charge in [0, 0.05) is 38.8 Å². The third-order valence-electron chi connectivity index (χ3n) is 7.43. The van der Waals surface area contributed by atoms with E-state index in [2.05, 4.69) is 30.5 Å². The van der Waals surface area contributed by atoms with Crippen LogP contribution in [0, 0.1) is 5.82 Å². The third-order valence-corrected chi connectivity index (χ3v) is 7.72. The smallest absolute Gasteiger partial charge is 0.412 e. The molecule has 1 atom stereocenters. The van der Waals surface area contributed by atoms with E-state index in [1.807, 2.05) is 17.0 Å². The van der Waals surface area contributed by atoms with Crippen molar-refractivity contribution >= 4 is 40.9 Å². The number of halogens is 2. The zero-order chi connectivity index (χ0) is 27.0. The molecular weight excluding hydrogens is 525 g/mol. The topological polar surface area (TPSA) is 113 Å². The Morgan fingerprint density at radius 2 is 1.92 bits per heavy atom. The number of pyridine rings is 1. The average molecular weight is 552 g/mol. The number of carbonyl (C=O) groups is 2. The van der Waals surface area contributed by atoms with E-state index >= 15 is 4.39 Å². The molecule has 1 aromatic carbocycles. The standard InChI is InChI=1S/C27H27ClFN7O3/c28-18-5-6-19-23(24(18)29)27(39-26(38)34-19)8-11-36(16-27)22-15-30-14-20(33-22)25(37)32-13-17-4-7-21(31-12-17)35-9-2-1-3-10-35/h4-7,12,14-15H,1-3,8-11,13,16H2,(H,32,37)(H,34,38)/t27-/m1/s1. The highest BCUT2D eigenvalue weighted by atomic mass is 35.5. The lowest BCUT2D eigenvalue weighted by molar-refractivity contribution is 0.0263. The number of aromatic nitrogens is 3. The molecule has 2 fully saturated rings. The molecule has 1 spiro atoms. The number of fused-ring (bicyclic) bond motifs is 2. The molecule has 0 saturated carbocycles. The lowest BCUT2D eigenvalue weighted by atomic mass is 9.89. The Kier molecular flexibility index (Phi) is 6.68. The molecule has 5 heterocycles. The number of hydrogen-bond donors (Lipinski definition) is 2. The third kappa shape index (κ3) is 4.94. The van der Waals surface area contributed by atoms with Gasteiger partial charge in [-0.3, -0.25) is 15.1 Å². The molecule has 202 valence electrons. The molecule has 0 unspecified atom stereocenters. The highest BCUT2D eigenvalue weighted by Gasteiger charge is 2.50. The molecule has 0 bridgehead atoms. The van der Waals surface area contributed by atoms with Crippen molar-refractivity contribution in [2.45, 2.75) is 37.8 Å². The van der Waals surface area contributed by atoms with Gasteiger partial charge in [0.1, 0.15) is 17.3 Å². The summed E-state index contributed by atoms with van der Waals surface area (Å²) in [5, 5.41) is 5.35. The van der Waals surface area contributed by atoms with E-state index in [1.165, 1.54) is 37.7 Å². The minimum absolute atomic E-state index is 0.0545. The summed E-state index contributed by atoms with van der Waals surface area (Å²) in [6.45, 7) is 2.88. The van der Waals surface area contributed by atoms with E-state index in [0.717, 1.165) is 24.5 Å². The normalized spacial score (nSPS) is 20.4. The predicted molar refractivity (Wildman–Crippen MR) is 144 cm³/mol. The highest BCUT2D eigenvalue weighted by Crippen LogP contribution is 2.46. The molecule has 2 aromatic heterocycles. The van der Waals surface area contributed by atoms with Crippen molar-refractivity contribution in [1.82, 2.24) is 20.3 Å². The predicted octanol–water partition coefficient (Wildman–Crippen LogP) is 4.25. The fourth-order valence-electron chi connectivity index (χ4n) is 5.45. The summed E-state index contributed by atoms with van der Waals surface area (Å²) < 4.78 is 20.7. The number of hydrogen-bond acceptors (Lipinski definition) is 8. The van der Waals surface area contributed by atoms with E-state index < -0.39 is 17.5 Å². The van der Waals surface area contributed by atoms with Crippen molar-refractivity contribution < 1.29 is 18.7 Å². The summed E-state index contributed by atoms with van der Waals surface area (Å²) in [6.07, 6.45) is 7.97. The first-order chi connectivity index (χ1) is 18.9. The molecule has 3 aliphatic heterocycles. The van der Waals surface area contributed by atoms with Gasteiger partial charge in [-0.1, -0.05) is 17.7 Å². The lowest BCUT2D eigenvalue weighted by Crippen LogP contribution is -2.42. The van der Waals surface area contributed by atoms with Crippen LogP contribution in [-0.2, 0) is 16.9 Å². The van der Waals surface area contributed by atoms with Crippen molar-refractivity contribution in [2.24, 2.45) is 0 Å². The summed E-state index contributed by atoms with van der Waals surface area (Å²) in [4.78, 5) is 42.5. The van der Waals surface area contributed by atoms with Crippen molar-refractivity contribution in [3.8, 4) is 0 Å². The molecule has 2 amide bonds. The maximum atomic E-state index is 15.1. The summed E-state index contributed by atoms with van der Waals surface area (Å²) in [6, 6.07) is 6.91. The highest BCUT2D eigenvalue weighted by molar-refractivity contribution is 6.31. The second-order valence-corrected chi connectivity index (χ2v) is 10.4. The van der Waals surface area contributed by atoms with Gasteiger partial charge in [-0.15, -0.1) is 0 Å². The van der Waals surface area contributed by atoms with E-state index in [0.29, 0.717) is 31.0 Å². The van der Waals surface area contributed by atoms with Gasteiger partial charge >= 0.3 is 6.09 Å². The first kappa shape index (κ1) is 25.3. The van der Waals surface area contributed by atoms with Crippen LogP contribution >= 0.6 is 11.6 Å². The van der Waals surface area contributed by atoms with E-state index in [1.54, 1.807) is 12.3 Å². The van der Waals surface area contributed by atoms with Crippen LogP contribution in [0.4, 0.5) is 26.5 Å². The number of ether oxygens (including phenoxy) is 1. The number of piperidine rings is 1. The zero-order valence-electron chi connectivity index (χ0n) is 21.1. The summed E-state index contributed by atoms with van der Waals surface area (Å²) in [7, 11) is 0. The Morgan fingerprint density at radius 1 is 1.08 bits per heavy atom. The van der Waals surface area contributed by atoms with Gasteiger partial charge in [0.05, 0.1) is 35.2 Å². The van der Waals surface area contributed by atoms with Crippen molar-refractivity contribution in [3.05, 3.63) is 70.5 Å². The van der Waals surface area contributed by atoms with E-state index in [4.69, 9.17) is 16.3 Å². The molecule has 6 rings (SSSR count). The zero-order valence-corrected chi connectivity index (χ0v) is 21.9. The lowest BCUT2D eigenvalue weighted by Gasteiger charge is -2.35. The molecule has 39 heavy (non-hydrogen) atoms. The second-order valence-electron chi connectivity index (χ2n) is 9.98. The molecule has 0 aliphatic carbocycles. The van der Waals surface area contributed by atoms with Crippen LogP contribution in [0.3, 0.4) is 0 Å². The quantitative estimate of drug-likeness (QED) is 0.484. The molecule has 10 nitrogen and oxygen atoms in total. The van der Waals surface area contributed by atoms with E-state index in [9.17, 15) is 9.59 Å². The van der Waals surface area contributed by atoms with Gasteiger partial charge in [-0.05, 0) is 43.0 Å². The van der Waals surface area contributed by atoms with Crippen LogP contribution in [-0.4, -0.2) is 53.1 Å². The van der Waals surface area contributed by atoms with Crippen molar-refractivity contribution in [3.63, 3.8) is 0 Å². The van der Waals surface area contributed by atoms with Gasteiger partial charge in [0.25, 0.3) is 5.91 Å². The fourth-order valence-corrected chi connectivity index (χ4v) is 5.61. The number of anilines is 3. The number of rotatable bonds is 5. The van der Waals surface area contributed by atoms with Crippen LogP contribution < -0.4 is 20.4 Å². The Labute approximate surface area is 229 Å². The second kappa shape index (κ2) is 10.3. The van der Waals surface area contributed by atoms with Crippen LogP contribution in [0.15, 0.2) is 42.9 Å². The van der Waals surface area contributed by atoms with Gasteiger partial charge in [-0.2, -0.15) is 0 Å². The van der Waals surface area contributed by atoms with Crippen molar-refractivity contribution in [1.29, 1.82) is 0 Å². The van der Waals surface area contributed by atoms with Crippen molar-refractivity contribution in [2.75, 3.05) is 41.3 Å². The minimum atomic E-state index is -1.24. The monoisotopic (exact) mass is 551 g/mol. The number of nitrogens with zero attached hydrogens (tertiary/aromatic N) is 5. The maximum absolute atomic E-state index is 15.1. The molecule has 2 saturated heterocycles. The van der Waals surface area contributed by atoms with Crippen LogP contribution in [0.1, 0.15) is 47.3 Å². The Hall–Kier alpha value is -3.99. The molecule has 3 aliphatic rings. The number of benzene rings is 1. The molecule has 0 radical (unpaired) electrons. The SMILES string of the molecule is O=C1Nc2ccc(Cl)c(F)c2[C@]2(CCN(c3cncc(C(=O)NCc4ccc(N5CCCCC5)nc4)n3)C2)O1. The summed E-state index contributed by atoms with van der Waals surface area (Å²) in [5.41, 5.74) is 0.316. The number of nitrogens with one attached hydrogen (secondary N) is 2. The summed E-state index contributed by atoms with van der Waals surface area (Å²) in [5.74, 6) is 0.366. The van der Waals surface area contributed by atoms with Crippen LogP contribution in [0.25, 0.3) is 0 Å². The minimum Gasteiger partial charge on any atom is -0.436 e. The average Bonchev–Trinajstić information content (AvgIpc) is 3.38. The Balaban J connectivity index is 1.13. The van der Waals surface area contributed by atoms with Gasteiger partial charge < -0.3 is 19.9 Å². The molecule has 12 heteroatoms. The number of carbonyl (C=O) groups excluding carboxylic acids is 2. The van der Waals surface area contributed by atoms with Gasteiger partial charge in [0.15, 0.2) is 11.4 Å². The number of amides is 2. The Morgan fingerprint density at radius 3 is 2.72 bits per heavy atom. The van der Waals surface area contributed by atoms with Gasteiger partial charge in [-0.25, -0.2) is 19.2 Å². The molecular formula is C27H27ClFN7O3. The summed E-state index contributed by atoms with van der Waals surface area (Å²) >= 11 is 6.04. The molecule has 2 N–H and O–H groups in total. The largest absolute Gasteiger partial charge is 0.436 e. The first-order valence-corrected chi connectivity index (χ1v) is 13.3. The molecule has 3 aromatic rings. The van der Waals surface area contributed by atoms with E-state index in [-0.39, 0.29) is 28.7 Å². The van der Waals surface area contributed by atoms with Gasteiger partial charge in [0.2, 0.25) is 0 Å². The first-order valence-electron chi connectivity index (χ1n) is 13.0.